The summed E-state index contributed by atoms with van der Waals surface area (Å²) in [5.74, 6) is 1.87. The van der Waals surface area contributed by atoms with Gasteiger partial charge in [0.05, 0.1) is 14.2 Å². The fourth-order valence-corrected chi connectivity index (χ4v) is 2.76. The number of hydrogen-bond acceptors (Lipinski definition) is 5. The molecule has 0 saturated carbocycles. The number of rotatable bonds is 8. The molecule has 2 rings (SSSR count). The van der Waals surface area contributed by atoms with Crippen molar-refractivity contribution < 1.29 is 18.7 Å². The van der Waals surface area contributed by atoms with Gasteiger partial charge in [-0.1, -0.05) is 19.9 Å². The van der Waals surface area contributed by atoms with Gasteiger partial charge < -0.3 is 19.2 Å². The van der Waals surface area contributed by atoms with E-state index in [2.05, 4.69) is 19.2 Å². The number of carbonyl (C=O) groups is 1. The summed E-state index contributed by atoms with van der Waals surface area (Å²) in [7, 11) is 3.11. The van der Waals surface area contributed by atoms with Crippen molar-refractivity contribution in [2.75, 3.05) is 14.2 Å². The van der Waals surface area contributed by atoms with Gasteiger partial charge in [0.15, 0.2) is 11.5 Å². The van der Waals surface area contributed by atoms with Crippen LogP contribution in [0.25, 0.3) is 0 Å². The largest absolute Gasteiger partial charge is 0.493 e. The van der Waals surface area contributed by atoms with E-state index in [1.54, 1.807) is 39.3 Å². The van der Waals surface area contributed by atoms with Gasteiger partial charge in [-0.25, -0.2) is 4.79 Å². The van der Waals surface area contributed by atoms with Crippen LogP contribution in [-0.4, -0.2) is 20.1 Å². The van der Waals surface area contributed by atoms with Crippen molar-refractivity contribution >= 4 is 5.91 Å². The summed E-state index contributed by atoms with van der Waals surface area (Å²) in [6.45, 7) is 6.23. The molecule has 1 amide bonds. The molecule has 0 saturated heterocycles. The molecule has 27 heavy (non-hydrogen) atoms. The highest BCUT2D eigenvalue weighted by molar-refractivity contribution is 5.95. The molecule has 1 N–H and O–H groups in total. The van der Waals surface area contributed by atoms with E-state index < -0.39 is 11.5 Å². The Bertz CT molecular complexity index is 854. The van der Waals surface area contributed by atoms with Crippen molar-refractivity contribution in [3.63, 3.8) is 0 Å². The molecule has 0 aliphatic rings. The molecular formula is C21H27NO5. The lowest BCUT2D eigenvalue weighted by atomic mass is 10.0. The van der Waals surface area contributed by atoms with E-state index in [1.807, 2.05) is 6.07 Å². The molecule has 0 bridgehead atoms. The van der Waals surface area contributed by atoms with E-state index in [4.69, 9.17) is 13.9 Å². The molecule has 146 valence electrons. The van der Waals surface area contributed by atoms with Gasteiger partial charge in [-0.3, -0.25) is 4.79 Å². The number of hydrogen-bond donors (Lipinski definition) is 1. The second-order valence-electron chi connectivity index (χ2n) is 6.86. The Kier molecular flexibility index (Phi) is 7.05. The molecule has 1 aromatic heterocycles. The van der Waals surface area contributed by atoms with Crippen LogP contribution in [0.2, 0.25) is 0 Å². The van der Waals surface area contributed by atoms with Crippen molar-refractivity contribution in [3.8, 4) is 11.5 Å². The number of methoxy groups -OCH3 is 2. The quantitative estimate of drug-likeness (QED) is 0.766. The lowest BCUT2D eigenvalue weighted by Gasteiger charge is -2.11. The highest BCUT2D eigenvalue weighted by atomic mass is 16.5. The normalized spacial score (nSPS) is 10.7. The third-order valence-electron chi connectivity index (χ3n) is 4.30. The number of ether oxygens (including phenoxy) is 2. The Morgan fingerprint density at radius 3 is 2.44 bits per heavy atom. The predicted octanol–water partition coefficient (Wildman–Crippen LogP) is 3.48. The topological polar surface area (TPSA) is 77.8 Å². The van der Waals surface area contributed by atoms with Gasteiger partial charge in [0.25, 0.3) is 5.91 Å². The van der Waals surface area contributed by atoms with Crippen LogP contribution in [-0.2, 0) is 13.0 Å². The van der Waals surface area contributed by atoms with Gasteiger partial charge in [0, 0.05) is 13.0 Å². The minimum atomic E-state index is -0.599. The number of benzene rings is 1. The molecule has 0 aliphatic heterocycles. The van der Waals surface area contributed by atoms with Crippen molar-refractivity contribution in [2.24, 2.45) is 5.92 Å². The first-order valence-corrected chi connectivity index (χ1v) is 8.98. The van der Waals surface area contributed by atoms with Crippen molar-refractivity contribution in [2.45, 2.75) is 40.2 Å². The second kappa shape index (κ2) is 9.26. The molecular weight excluding hydrogens is 346 g/mol. The molecule has 0 spiro atoms. The van der Waals surface area contributed by atoms with Crippen molar-refractivity contribution in [1.82, 2.24) is 5.32 Å². The summed E-state index contributed by atoms with van der Waals surface area (Å²) in [4.78, 5) is 24.8. The summed E-state index contributed by atoms with van der Waals surface area (Å²) < 4.78 is 15.8. The number of amides is 1. The lowest BCUT2D eigenvalue weighted by molar-refractivity contribution is 0.0945. The zero-order valence-corrected chi connectivity index (χ0v) is 16.5. The average Bonchev–Trinajstić information content (AvgIpc) is 2.63. The van der Waals surface area contributed by atoms with Crippen LogP contribution < -0.4 is 20.4 Å². The first kappa shape index (κ1) is 20.6. The maximum absolute atomic E-state index is 12.5. The van der Waals surface area contributed by atoms with E-state index in [0.717, 1.165) is 12.0 Å². The summed E-state index contributed by atoms with van der Waals surface area (Å²) in [5, 5.41) is 2.76. The zero-order valence-electron chi connectivity index (χ0n) is 16.5. The first-order chi connectivity index (χ1) is 12.8. The lowest BCUT2D eigenvalue weighted by Crippen LogP contribution is -2.29. The highest BCUT2D eigenvalue weighted by Crippen LogP contribution is 2.27. The summed E-state index contributed by atoms with van der Waals surface area (Å²) in [5.41, 5.74) is 0.897. The molecule has 2 aromatic rings. The molecule has 0 radical (unpaired) electrons. The van der Waals surface area contributed by atoms with Crippen LogP contribution in [0.3, 0.4) is 0 Å². The predicted molar refractivity (Wildman–Crippen MR) is 104 cm³/mol. The third kappa shape index (κ3) is 5.36. The molecule has 6 heteroatoms. The molecule has 0 atom stereocenters. The van der Waals surface area contributed by atoms with Crippen LogP contribution in [0.4, 0.5) is 0 Å². The molecule has 1 aromatic carbocycles. The summed E-state index contributed by atoms with van der Waals surface area (Å²) in [6.07, 6.45) is 1.61. The zero-order chi connectivity index (χ0) is 20.0. The van der Waals surface area contributed by atoms with Gasteiger partial charge in [-0.05, 0) is 48.6 Å². The Morgan fingerprint density at radius 1 is 1.15 bits per heavy atom. The van der Waals surface area contributed by atoms with Gasteiger partial charge in [0.1, 0.15) is 11.3 Å². The monoisotopic (exact) mass is 373 g/mol. The highest BCUT2D eigenvalue weighted by Gasteiger charge is 2.17. The third-order valence-corrected chi connectivity index (χ3v) is 4.30. The summed E-state index contributed by atoms with van der Waals surface area (Å²) >= 11 is 0. The van der Waals surface area contributed by atoms with E-state index in [-0.39, 0.29) is 12.1 Å². The first-order valence-electron chi connectivity index (χ1n) is 8.98. The van der Waals surface area contributed by atoms with E-state index in [1.165, 1.54) is 0 Å². The fourth-order valence-electron chi connectivity index (χ4n) is 2.76. The maximum atomic E-state index is 12.5. The molecule has 0 fully saturated rings. The number of nitrogens with one attached hydrogen (secondary N) is 1. The van der Waals surface area contributed by atoms with Crippen LogP contribution >= 0.6 is 0 Å². The second-order valence-corrected chi connectivity index (χ2v) is 6.86. The Balaban J connectivity index is 2.11. The van der Waals surface area contributed by atoms with Crippen LogP contribution in [0.5, 0.6) is 11.5 Å². The van der Waals surface area contributed by atoms with Gasteiger partial charge in [-0.2, -0.15) is 0 Å². The Hall–Kier alpha value is -2.76. The standard InChI is InChI=1S/C21H27NO5/c1-13(2)6-8-16-10-14(3)19(21(24)27-16)20(23)22-12-15-7-9-17(25-4)18(11-15)26-5/h7,9-11,13H,6,8,12H2,1-5H3,(H,22,23). The molecule has 0 unspecified atom stereocenters. The van der Waals surface area contributed by atoms with E-state index >= 15 is 0 Å². The van der Waals surface area contributed by atoms with E-state index in [9.17, 15) is 9.59 Å². The van der Waals surface area contributed by atoms with Gasteiger partial charge in [-0.15, -0.1) is 0 Å². The number of aryl methyl sites for hydroxylation is 2. The maximum Gasteiger partial charge on any atom is 0.349 e. The summed E-state index contributed by atoms with van der Waals surface area (Å²) in [6, 6.07) is 7.15. The van der Waals surface area contributed by atoms with Crippen molar-refractivity contribution in [3.05, 3.63) is 57.1 Å². The SMILES string of the molecule is COc1ccc(CNC(=O)c2c(C)cc(CCC(C)C)oc2=O)cc1OC. The van der Waals surface area contributed by atoms with Gasteiger partial charge >= 0.3 is 5.63 Å². The minimum absolute atomic E-state index is 0.0452. The van der Waals surface area contributed by atoms with Crippen LogP contribution in [0.1, 0.15) is 47.5 Å². The van der Waals surface area contributed by atoms with Crippen LogP contribution in [0.15, 0.2) is 33.5 Å². The van der Waals surface area contributed by atoms with E-state index in [0.29, 0.717) is 35.2 Å². The van der Waals surface area contributed by atoms with Gasteiger partial charge in [0.2, 0.25) is 0 Å². The van der Waals surface area contributed by atoms with Crippen LogP contribution in [0, 0.1) is 12.8 Å². The smallest absolute Gasteiger partial charge is 0.349 e. The Labute approximate surface area is 159 Å². The molecule has 1 heterocycles. The Morgan fingerprint density at radius 2 is 1.85 bits per heavy atom. The molecule has 0 aliphatic carbocycles. The van der Waals surface area contributed by atoms with Crippen molar-refractivity contribution in [1.29, 1.82) is 0 Å². The number of carbonyl (C=O) groups excluding carboxylic acids is 1. The molecule has 6 nitrogen and oxygen atoms in total. The average molecular weight is 373 g/mol. The minimum Gasteiger partial charge on any atom is -0.493 e. The fraction of sp³-hybridized carbons (Fsp3) is 0.429.